The van der Waals surface area contributed by atoms with Gasteiger partial charge in [0.05, 0.1) is 0 Å². The number of aromatic nitrogens is 1. The number of amides is 1. The average molecular weight is 338 g/mol. The molecule has 4 nitrogen and oxygen atoms in total. The Bertz CT molecular complexity index is 710. The van der Waals surface area contributed by atoms with Gasteiger partial charge >= 0.3 is 0 Å². The van der Waals surface area contributed by atoms with E-state index in [1.54, 1.807) is 6.20 Å². The summed E-state index contributed by atoms with van der Waals surface area (Å²) in [4.78, 5) is 16.6. The van der Waals surface area contributed by atoms with E-state index in [1.807, 2.05) is 18.2 Å². The van der Waals surface area contributed by atoms with Crippen molar-refractivity contribution in [3.8, 4) is 5.75 Å². The summed E-state index contributed by atoms with van der Waals surface area (Å²) in [7, 11) is 0. The van der Waals surface area contributed by atoms with E-state index < -0.39 is 0 Å². The molecule has 2 aromatic rings. The van der Waals surface area contributed by atoms with Crippen LogP contribution in [0.4, 0.5) is 5.69 Å². The van der Waals surface area contributed by atoms with Crippen molar-refractivity contribution in [3.63, 3.8) is 0 Å². The smallest absolute Gasteiger partial charge is 0.262 e. The third kappa shape index (κ3) is 4.81. The number of carbonyl (C=O) groups is 1. The number of nitrogens with zero attached hydrogens (tertiary/aromatic N) is 1. The molecule has 0 bridgehead atoms. The number of fused-ring (bicyclic) bond motifs is 1. The Hall–Kier alpha value is -2.36. The Kier molecular flexibility index (Phi) is 6.04. The maximum Gasteiger partial charge on any atom is 0.262 e. The van der Waals surface area contributed by atoms with Gasteiger partial charge < -0.3 is 10.1 Å². The maximum atomic E-state index is 12.2. The number of nitrogens with one attached hydrogen (secondary N) is 1. The van der Waals surface area contributed by atoms with Crippen LogP contribution in [-0.4, -0.2) is 17.5 Å². The standard InChI is InChI=1S/C21H26N2O2/c1-2-3-6-16-9-11-17(12-10-16)23-21(24)15-25-20-13-14-22-19-8-5-4-7-18(19)20/h9-14H,2-8,15H2,1H3,(H,23,24). The van der Waals surface area contributed by atoms with E-state index in [4.69, 9.17) is 4.74 Å². The van der Waals surface area contributed by atoms with Gasteiger partial charge in [-0.2, -0.15) is 0 Å². The SMILES string of the molecule is CCCCc1ccc(NC(=O)COc2ccnc3c2CCCC3)cc1. The highest BCUT2D eigenvalue weighted by atomic mass is 16.5. The van der Waals surface area contributed by atoms with Crippen LogP contribution in [0.1, 0.15) is 49.4 Å². The maximum absolute atomic E-state index is 12.2. The molecule has 132 valence electrons. The highest BCUT2D eigenvalue weighted by Crippen LogP contribution is 2.27. The van der Waals surface area contributed by atoms with E-state index in [0.29, 0.717) is 0 Å². The number of benzene rings is 1. The fourth-order valence-corrected chi connectivity index (χ4v) is 3.20. The van der Waals surface area contributed by atoms with Gasteiger partial charge in [-0.25, -0.2) is 0 Å². The number of unbranched alkanes of at least 4 members (excludes halogenated alkanes) is 1. The largest absolute Gasteiger partial charge is 0.483 e. The van der Waals surface area contributed by atoms with Gasteiger partial charge in [0, 0.05) is 23.1 Å². The Morgan fingerprint density at radius 2 is 1.96 bits per heavy atom. The molecule has 0 saturated carbocycles. The second kappa shape index (κ2) is 8.65. The molecule has 0 atom stereocenters. The lowest BCUT2D eigenvalue weighted by Gasteiger charge is -2.18. The van der Waals surface area contributed by atoms with Crippen LogP contribution in [0.25, 0.3) is 0 Å². The van der Waals surface area contributed by atoms with Crippen LogP contribution in [0.2, 0.25) is 0 Å². The fourth-order valence-electron chi connectivity index (χ4n) is 3.20. The molecule has 0 saturated heterocycles. The lowest BCUT2D eigenvalue weighted by atomic mass is 9.95. The van der Waals surface area contributed by atoms with Crippen LogP contribution in [0.5, 0.6) is 5.75 Å². The van der Waals surface area contributed by atoms with Crippen LogP contribution >= 0.6 is 0 Å². The Morgan fingerprint density at radius 3 is 2.76 bits per heavy atom. The first-order valence-corrected chi connectivity index (χ1v) is 9.24. The zero-order valence-electron chi connectivity index (χ0n) is 14.9. The second-order valence-corrected chi connectivity index (χ2v) is 6.58. The van der Waals surface area contributed by atoms with Gasteiger partial charge in [0.2, 0.25) is 0 Å². The fraction of sp³-hybridized carbons (Fsp3) is 0.429. The molecular formula is C21H26N2O2. The highest BCUT2D eigenvalue weighted by Gasteiger charge is 2.15. The Balaban J connectivity index is 1.53. The number of carbonyl (C=O) groups excluding carboxylic acids is 1. The van der Waals surface area contributed by atoms with Crippen molar-refractivity contribution in [2.45, 2.75) is 51.9 Å². The van der Waals surface area contributed by atoms with Crippen molar-refractivity contribution in [1.82, 2.24) is 4.98 Å². The summed E-state index contributed by atoms with van der Waals surface area (Å²) in [5.41, 5.74) is 4.40. The number of aryl methyl sites for hydroxylation is 2. The summed E-state index contributed by atoms with van der Waals surface area (Å²) < 4.78 is 5.76. The van der Waals surface area contributed by atoms with Crippen molar-refractivity contribution in [2.75, 3.05) is 11.9 Å². The summed E-state index contributed by atoms with van der Waals surface area (Å²) in [5, 5.41) is 2.90. The molecule has 0 radical (unpaired) electrons. The van der Waals surface area contributed by atoms with Crippen LogP contribution in [0.3, 0.4) is 0 Å². The molecule has 3 rings (SSSR count). The molecule has 0 aliphatic heterocycles. The second-order valence-electron chi connectivity index (χ2n) is 6.58. The molecule has 0 unspecified atom stereocenters. The number of anilines is 1. The van der Waals surface area contributed by atoms with E-state index in [9.17, 15) is 4.79 Å². The number of hydrogen-bond acceptors (Lipinski definition) is 3. The normalized spacial score (nSPS) is 13.2. The van der Waals surface area contributed by atoms with Gasteiger partial charge in [-0.3, -0.25) is 9.78 Å². The topological polar surface area (TPSA) is 51.2 Å². The highest BCUT2D eigenvalue weighted by molar-refractivity contribution is 5.91. The van der Waals surface area contributed by atoms with E-state index in [1.165, 1.54) is 30.4 Å². The first kappa shape index (κ1) is 17.5. The summed E-state index contributed by atoms with van der Waals surface area (Å²) in [6, 6.07) is 9.92. The van der Waals surface area contributed by atoms with E-state index in [2.05, 4.69) is 29.4 Å². The number of pyridine rings is 1. The van der Waals surface area contributed by atoms with Crippen molar-refractivity contribution in [1.29, 1.82) is 0 Å². The third-order valence-electron chi connectivity index (χ3n) is 4.61. The molecule has 1 amide bonds. The lowest BCUT2D eigenvalue weighted by molar-refractivity contribution is -0.118. The molecule has 1 aromatic heterocycles. The van der Waals surface area contributed by atoms with Gasteiger partial charge in [-0.15, -0.1) is 0 Å². The van der Waals surface area contributed by atoms with Gasteiger partial charge in [0.25, 0.3) is 5.91 Å². The van der Waals surface area contributed by atoms with E-state index in [-0.39, 0.29) is 12.5 Å². The minimum atomic E-state index is -0.136. The number of ether oxygens (including phenoxy) is 1. The van der Waals surface area contributed by atoms with Gasteiger partial charge in [-0.1, -0.05) is 25.5 Å². The summed E-state index contributed by atoms with van der Waals surface area (Å²) >= 11 is 0. The number of rotatable bonds is 7. The van der Waals surface area contributed by atoms with Gasteiger partial charge in [0.15, 0.2) is 6.61 Å². The van der Waals surface area contributed by atoms with Gasteiger partial charge in [-0.05, 0) is 62.3 Å². The van der Waals surface area contributed by atoms with Crippen molar-refractivity contribution < 1.29 is 9.53 Å². The van der Waals surface area contributed by atoms with E-state index >= 15 is 0 Å². The van der Waals surface area contributed by atoms with Crippen molar-refractivity contribution in [3.05, 3.63) is 53.3 Å². The molecule has 1 N–H and O–H groups in total. The summed E-state index contributed by atoms with van der Waals surface area (Å²) in [6.07, 6.45) is 9.56. The average Bonchev–Trinajstić information content (AvgIpc) is 2.66. The quantitative estimate of drug-likeness (QED) is 0.818. The number of hydrogen-bond donors (Lipinski definition) is 1. The monoisotopic (exact) mass is 338 g/mol. The van der Waals surface area contributed by atoms with Gasteiger partial charge in [0.1, 0.15) is 5.75 Å². The first-order valence-electron chi connectivity index (χ1n) is 9.24. The molecule has 1 aliphatic rings. The predicted molar refractivity (Wildman–Crippen MR) is 100 cm³/mol. The first-order chi connectivity index (χ1) is 12.3. The minimum Gasteiger partial charge on any atom is -0.483 e. The van der Waals surface area contributed by atoms with Crippen LogP contribution in [-0.2, 0) is 24.1 Å². The zero-order chi connectivity index (χ0) is 17.5. The molecule has 1 aromatic carbocycles. The Morgan fingerprint density at radius 1 is 1.16 bits per heavy atom. The molecule has 25 heavy (non-hydrogen) atoms. The molecule has 1 aliphatic carbocycles. The summed E-state index contributed by atoms with van der Waals surface area (Å²) in [5.74, 6) is 0.664. The zero-order valence-corrected chi connectivity index (χ0v) is 14.9. The van der Waals surface area contributed by atoms with Crippen LogP contribution in [0.15, 0.2) is 36.5 Å². The molecule has 0 fully saturated rings. The van der Waals surface area contributed by atoms with Crippen LogP contribution < -0.4 is 10.1 Å². The molecule has 0 spiro atoms. The predicted octanol–water partition coefficient (Wildman–Crippen LogP) is 4.32. The van der Waals surface area contributed by atoms with Crippen LogP contribution in [0, 0.1) is 0 Å². The molecule has 4 heteroatoms. The molecular weight excluding hydrogens is 312 g/mol. The summed E-state index contributed by atoms with van der Waals surface area (Å²) in [6.45, 7) is 2.21. The van der Waals surface area contributed by atoms with E-state index in [0.717, 1.165) is 42.8 Å². The minimum absolute atomic E-state index is 0.0219. The lowest BCUT2D eigenvalue weighted by Crippen LogP contribution is -2.21. The van der Waals surface area contributed by atoms with Crippen molar-refractivity contribution in [2.24, 2.45) is 0 Å². The van der Waals surface area contributed by atoms with Crippen molar-refractivity contribution >= 4 is 11.6 Å². The Labute approximate surface area is 149 Å². The third-order valence-corrected chi connectivity index (χ3v) is 4.61. The molecule has 1 heterocycles.